The average molecular weight is 212 g/mol. The van der Waals surface area contributed by atoms with E-state index in [1.807, 2.05) is 5.32 Å². The maximum absolute atomic E-state index is 10.9. The normalized spacial score (nSPS) is 9.33. The standard InChI is InChI=1S/C8H8N2O5/c11-5-2-1-3-9-7(5)15-8(14)10-4-6(12)13/h1-3,11H,4H2,(H,10,14)(H,12,13). The van der Waals surface area contributed by atoms with E-state index < -0.39 is 18.6 Å². The third-order valence-electron chi connectivity index (χ3n) is 1.32. The van der Waals surface area contributed by atoms with Crippen LogP contribution in [0.2, 0.25) is 0 Å². The van der Waals surface area contributed by atoms with Crippen molar-refractivity contribution in [2.24, 2.45) is 0 Å². The molecule has 7 heteroatoms. The predicted octanol–water partition coefficient (Wildman–Crippen LogP) is -0.0398. The largest absolute Gasteiger partial charge is 0.503 e. The quantitative estimate of drug-likeness (QED) is 0.648. The van der Waals surface area contributed by atoms with Gasteiger partial charge in [0.05, 0.1) is 0 Å². The topological polar surface area (TPSA) is 109 Å². The first-order valence-electron chi connectivity index (χ1n) is 3.91. The average Bonchev–Trinajstić information content (AvgIpc) is 2.18. The van der Waals surface area contributed by atoms with E-state index in [2.05, 4.69) is 9.72 Å². The lowest BCUT2D eigenvalue weighted by Gasteiger charge is -2.04. The number of hydrogen-bond acceptors (Lipinski definition) is 5. The van der Waals surface area contributed by atoms with Crippen molar-refractivity contribution in [2.45, 2.75) is 0 Å². The van der Waals surface area contributed by atoms with Gasteiger partial charge in [-0.15, -0.1) is 0 Å². The van der Waals surface area contributed by atoms with Gasteiger partial charge in [0.15, 0.2) is 5.75 Å². The van der Waals surface area contributed by atoms with Crippen molar-refractivity contribution in [3.63, 3.8) is 0 Å². The second kappa shape index (κ2) is 4.80. The molecule has 0 fully saturated rings. The highest BCUT2D eigenvalue weighted by atomic mass is 16.6. The molecule has 0 saturated heterocycles. The van der Waals surface area contributed by atoms with Gasteiger partial charge in [0, 0.05) is 6.20 Å². The van der Waals surface area contributed by atoms with Gasteiger partial charge in [0.25, 0.3) is 5.88 Å². The van der Waals surface area contributed by atoms with Crippen molar-refractivity contribution in [3.8, 4) is 11.6 Å². The molecule has 0 aliphatic heterocycles. The van der Waals surface area contributed by atoms with Crippen LogP contribution in [0.4, 0.5) is 4.79 Å². The summed E-state index contributed by atoms with van der Waals surface area (Å²) in [5.41, 5.74) is 0. The lowest BCUT2D eigenvalue weighted by atomic mass is 10.4. The van der Waals surface area contributed by atoms with Gasteiger partial charge in [0.1, 0.15) is 6.54 Å². The Bertz CT molecular complexity index is 379. The minimum absolute atomic E-state index is 0.277. The zero-order valence-corrected chi connectivity index (χ0v) is 7.51. The number of hydrogen-bond donors (Lipinski definition) is 3. The molecule has 0 bridgehead atoms. The van der Waals surface area contributed by atoms with Gasteiger partial charge in [-0.05, 0) is 12.1 Å². The summed E-state index contributed by atoms with van der Waals surface area (Å²) in [4.78, 5) is 24.6. The fraction of sp³-hybridized carbons (Fsp3) is 0.125. The molecule has 80 valence electrons. The zero-order valence-electron chi connectivity index (χ0n) is 7.51. The van der Waals surface area contributed by atoms with Crippen molar-refractivity contribution < 1.29 is 24.5 Å². The number of carbonyl (C=O) groups is 2. The summed E-state index contributed by atoms with van der Waals surface area (Å²) >= 11 is 0. The number of nitrogens with zero attached hydrogens (tertiary/aromatic N) is 1. The van der Waals surface area contributed by atoms with Crippen molar-refractivity contribution in [3.05, 3.63) is 18.3 Å². The molecule has 0 aliphatic carbocycles. The number of carboxylic acid groups (broad SMARTS) is 1. The molecular formula is C8H8N2O5. The van der Waals surface area contributed by atoms with Crippen LogP contribution < -0.4 is 10.1 Å². The Labute approximate surface area is 84.3 Å². The molecule has 0 aliphatic rings. The van der Waals surface area contributed by atoms with E-state index in [0.29, 0.717) is 0 Å². The van der Waals surface area contributed by atoms with E-state index in [4.69, 9.17) is 10.2 Å². The molecule has 0 aromatic carbocycles. The van der Waals surface area contributed by atoms with Crippen LogP contribution in [0, 0.1) is 0 Å². The maximum atomic E-state index is 10.9. The molecule has 0 spiro atoms. The molecule has 7 nitrogen and oxygen atoms in total. The fourth-order valence-corrected chi connectivity index (χ4v) is 0.733. The van der Waals surface area contributed by atoms with Gasteiger partial charge in [0.2, 0.25) is 0 Å². The van der Waals surface area contributed by atoms with Crippen molar-refractivity contribution >= 4 is 12.1 Å². The third-order valence-corrected chi connectivity index (χ3v) is 1.32. The number of carboxylic acids is 1. The van der Waals surface area contributed by atoms with Crippen molar-refractivity contribution in [1.29, 1.82) is 0 Å². The Kier molecular flexibility index (Phi) is 3.44. The molecule has 0 unspecified atom stereocenters. The molecular weight excluding hydrogens is 204 g/mol. The summed E-state index contributed by atoms with van der Waals surface area (Å²) in [5.74, 6) is -1.78. The van der Waals surface area contributed by atoms with Crippen LogP contribution in [0.5, 0.6) is 11.6 Å². The van der Waals surface area contributed by atoms with Gasteiger partial charge in [-0.25, -0.2) is 9.78 Å². The number of amides is 1. The summed E-state index contributed by atoms with van der Waals surface area (Å²) < 4.78 is 4.52. The molecule has 0 atom stereocenters. The molecule has 1 amide bonds. The molecule has 15 heavy (non-hydrogen) atoms. The molecule has 1 aromatic rings. The highest BCUT2D eigenvalue weighted by molar-refractivity contribution is 5.77. The molecule has 0 radical (unpaired) electrons. The van der Waals surface area contributed by atoms with E-state index in [1.54, 1.807) is 0 Å². The number of ether oxygens (including phenoxy) is 1. The summed E-state index contributed by atoms with van der Waals surface area (Å²) in [6, 6.07) is 2.74. The zero-order chi connectivity index (χ0) is 11.3. The van der Waals surface area contributed by atoms with Crippen LogP contribution >= 0.6 is 0 Å². The Morgan fingerprint density at radius 3 is 2.87 bits per heavy atom. The highest BCUT2D eigenvalue weighted by Gasteiger charge is 2.09. The fourth-order valence-electron chi connectivity index (χ4n) is 0.733. The van der Waals surface area contributed by atoms with Gasteiger partial charge in [-0.2, -0.15) is 0 Å². The number of aromatic hydroxyl groups is 1. The molecule has 3 N–H and O–H groups in total. The smallest absolute Gasteiger partial charge is 0.414 e. The summed E-state index contributed by atoms with van der Waals surface area (Å²) in [5, 5.41) is 19.3. The van der Waals surface area contributed by atoms with Gasteiger partial charge >= 0.3 is 12.1 Å². The molecule has 1 heterocycles. The maximum Gasteiger partial charge on any atom is 0.414 e. The molecule has 0 saturated carbocycles. The number of nitrogens with one attached hydrogen (secondary N) is 1. The van der Waals surface area contributed by atoms with E-state index in [0.717, 1.165) is 0 Å². The van der Waals surface area contributed by atoms with Crippen LogP contribution in [-0.4, -0.2) is 33.8 Å². The van der Waals surface area contributed by atoms with Gasteiger partial charge in [-0.3, -0.25) is 4.79 Å². The summed E-state index contributed by atoms with van der Waals surface area (Å²) in [7, 11) is 0. The first-order chi connectivity index (χ1) is 7.09. The van der Waals surface area contributed by atoms with Crippen LogP contribution in [0.1, 0.15) is 0 Å². The van der Waals surface area contributed by atoms with E-state index in [9.17, 15) is 9.59 Å². The SMILES string of the molecule is O=C(O)CNC(=O)Oc1ncccc1O. The van der Waals surface area contributed by atoms with Crippen molar-refractivity contribution in [2.75, 3.05) is 6.54 Å². The molecule has 1 aromatic heterocycles. The van der Waals surface area contributed by atoms with Crippen LogP contribution in [0.25, 0.3) is 0 Å². The number of pyridine rings is 1. The van der Waals surface area contributed by atoms with Gasteiger partial charge in [-0.1, -0.05) is 0 Å². The summed E-state index contributed by atoms with van der Waals surface area (Å²) in [6.07, 6.45) is 0.325. The second-order valence-electron chi connectivity index (χ2n) is 2.46. The minimum atomic E-state index is -1.20. The lowest BCUT2D eigenvalue weighted by Crippen LogP contribution is -2.31. The Morgan fingerprint density at radius 1 is 1.53 bits per heavy atom. The van der Waals surface area contributed by atoms with Crippen LogP contribution in [0.15, 0.2) is 18.3 Å². The Balaban J connectivity index is 2.52. The minimum Gasteiger partial charge on any atom is -0.503 e. The number of aromatic nitrogens is 1. The monoisotopic (exact) mass is 212 g/mol. The first kappa shape index (κ1) is 10.8. The van der Waals surface area contributed by atoms with E-state index in [-0.39, 0.29) is 11.6 Å². The van der Waals surface area contributed by atoms with Crippen LogP contribution in [-0.2, 0) is 4.79 Å². The number of aliphatic carboxylic acids is 1. The predicted molar refractivity (Wildman–Crippen MR) is 47.6 cm³/mol. The lowest BCUT2D eigenvalue weighted by molar-refractivity contribution is -0.135. The number of carbonyl (C=O) groups excluding carboxylic acids is 1. The third kappa shape index (κ3) is 3.51. The van der Waals surface area contributed by atoms with Gasteiger partial charge < -0.3 is 20.3 Å². The van der Waals surface area contributed by atoms with Crippen molar-refractivity contribution in [1.82, 2.24) is 10.3 Å². The van der Waals surface area contributed by atoms with Crippen LogP contribution in [0.3, 0.4) is 0 Å². The number of rotatable bonds is 3. The Hall–Kier alpha value is -2.31. The Morgan fingerprint density at radius 2 is 2.27 bits per heavy atom. The first-order valence-corrected chi connectivity index (χ1v) is 3.91. The summed E-state index contributed by atoms with van der Waals surface area (Å²) in [6.45, 7) is -0.563. The van der Waals surface area contributed by atoms with E-state index in [1.165, 1.54) is 18.3 Å². The highest BCUT2D eigenvalue weighted by Crippen LogP contribution is 2.20. The second-order valence-corrected chi connectivity index (χ2v) is 2.46. The van der Waals surface area contributed by atoms with E-state index >= 15 is 0 Å². The molecule has 1 rings (SSSR count).